The predicted molar refractivity (Wildman–Crippen MR) is 138 cm³/mol. The molecule has 1 aliphatic heterocycles. The number of nitrogens with one attached hydrogen (secondary N) is 2. The molecule has 212 valence electrons. The first-order chi connectivity index (χ1) is 18.1. The van der Waals surface area contributed by atoms with Gasteiger partial charge in [-0.25, -0.2) is 4.72 Å². The summed E-state index contributed by atoms with van der Waals surface area (Å²) in [5, 5.41) is 2.81. The molecule has 1 atom stereocenters. The fourth-order valence-corrected chi connectivity index (χ4v) is 4.55. The first-order valence-electron chi connectivity index (χ1n) is 11.9. The highest BCUT2D eigenvalue weighted by atomic mass is 32.2. The van der Waals surface area contributed by atoms with Gasteiger partial charge in [-0.3, -0.25) is 9.59 Å². The highest BCUT2D eigenvalue weighted by Gasteiger charge is 2.40. The van der Waals surface area contributed by atoms with Gasteiger partial charge in [-0.1, -0.05) is 24.3 Å². The van der Waals surface area contributed by atoms with Gasteiger partial charge < -0.3 is 14.8 Å². The van der Waals surface area contributed by atoms with E-state index in [1.54, 1.807) is 55.5 Å². The van der Waals surface area contributed by atoms with E-state index in [4.69, 9.17) is 9.47 Å². The lowest BCUT2D eigenvalue weighted by Crippen LogP contribution is -2.51. The topological polar surface area (TPSA) is 114 Å². The SMILES string of the molecule is COc1ccc(C2=C(C(=O)NS(=O)(=O)N(C)C)C(=O)N[C@](C)(c3ccc(OCCCC(F)(F)F)cc3)C2)cc1. The van der Waals surface area contributed by atoms with Gasteiger partial charge in [-0.15, -0.1) is 0 Å². The summed E-state index contributed by atoms with van der Waals surface area (Å²) in [5.74, 6) is -0.925. The van der Waals surface area contributed by atoms with Gasteiger partial charge in [0, 0.05) is 26.9 Å². The molecule has 0 aromatic heterocycles. The van der Waals surface area contributed by atoms with Crippen molar-refractivity contribution in [2.75, 3.05) is 27.8 Å². The Morgan fingerprint density at radius 3 is 2.21 bits per heavy atom. The molecule has 9 nitrogen and oxygen atoms in total. The standard InChI is InChI=1S/C26H30F3N3O6S/c1-25(18-8-12-20(13-9-18)38-15-5-14-26(27,28)29)16-21(17-6-10-19(37-4)11-7-17)22(23(33)30-25)24(34)31-39(35,36)32(2)3/h6-13H,5,14-16H2,1-4H3,(H,30,33)(H,31,34)/t25-/m0/s1. The quantitative estimate of drug-likeness (QED) is 0.334. The molecule has 2 N–H and O–H groups in total. The van der Waals surface area contributed by atoms with Gasteiger partial charge in [0.25, 0.3) is 11.8 Å². The number of hydrogen-bond donors (Lipinski definition) is 2. The lowest BCUT2D eigenvalue weighted by molar-refractivity contribution is -0.136. The zero-order valence-corrected chi connectivity index (χ0v) is 22.7. The summed E-state index contributed by atoms with van der Waals surface area (Å²) in [6.07, 6.45) is -5.24. The minimum atomic E-state index is -4.25. The van der Waals surface area contributed by atoms with Crippen LogP contribution in [0.5, 0.6) is 11.5 Å². The van der Waals surface area contributed by atoms with E-state index < -0.39 is 40.2 Å². The third-order valence-corrected chi connectivity index (χ3v) is 7.59. The Hall–Kier alpha value is -3.58. The number of carbonyl (C=O) groups excluding carboxylic acids is 2. The molecule has 13 heteroatoms. The Bertz CT molecular complexity index is 1340. The van der Waals surface area contributed by atoms with Crippen LogP contribution in [0.1, 0.15) is 37.3 Å². The highest BCUT2D eigenvalue weighted by molar-refractivity contribution is 7.87. The summed E-state index contributed by atoms with van der Waals surface area (Å²) in [6, 6.07) is 13.2. The van der Waals surface area contributed by atoms with E-state index in [1.165, 1.54) is 21.2 Å². The molecule has 0 fully saturated rings. The van der Waals surface area contributed by atoms with Crippen LogP contribution in [-0.4, -0.2) is 58.5 Å². The molecule has 39 heavy (non-hydrogen) atoms. The number of carbonyl (C=O) groups is 2. The molecule has 0 saturated heterocycles. The lowest BCUT2D eigenvalue weighted by atomic mass is 9.78. The lowest BCUT2D eigenvalue weighted by Gasteiger charge is -2.37. The minimum Gasteiger partial charge on any atom is -0.497 e. The summed E-state index contributed by atoms with van der Waals surface area (Å²) in [7, 11) is -0.180. The number of hydrogen-bond acceptors (Lipinski definition) is 6. The first-order valence-corrected chi connectivity index (χ1v) is 13.3. The van der Waals surface area contributed by atoms with Gasteiger partial charge in [-0.05, 0) is 54.3 Å². The summed E-state index contributed by atoms with van der Waals surface area (Å²) in [4.78, 5) is 26.4. The Labute approximate surface area is 225 Å². The molecule has 0 spiro atoms. The third-order valence-electron chi connectivity index (χ3n) is 6.18. The summed E-state index contributed by atoms with van der Waals surface area (Å²) < 4.78 is 74.9. The molecule has 1 aliphatic rings. The Kier molecular flexibility index (Phi) is 8.96. The van der Waals surface area contributed by atoms with E-state index in [1.807, 2.05) is 4.72 Å². The van der Waals surface area contributed by atoms with Gasteiger partial charge in [-0.2, -0.15) is 25.9 Å². The van der Waals surface area contributed by atoms with Crippen LogP contribution in [0.2, 0.25) is 0 Å². The Morgan fingerprint density at radius 2 is 1.67 bits per heavy atom. The number of methoxy groups -OCH3 is 1. The van der Waals surface area contributed by atoms with Crippen molar-refractivity contribution < 1.29 is 40.7 Å². The van der Waals surface area contributed by atoms with Gasteiger partial charge in [0.1, 0.15) is 17.1 Å². The zero-order chi connectivity index (χ0) is 29.0. The second kappa shape index (κ2) is 11.7. The number of ether oxygens (including phenoxy) is 2. The normalized spacial score (nSPS) is 18.1. The molecule has 3 rings (SSSR count). The molecular weight excluding hydrogens is 539 g/mol. The van der Waals surface area contributed by atoms with Gasteiger partial charge in [0.15, 0.2) is 0 Å². The second-order valence-electron chi connectivity index (χ2n) is 9.36. The molecule has 0 bridgehead atoms. The summed E-state index contributed by atoms with van der Waals surface area (Å²) in [6.45, 7) is 1.64. The van der Waals surface area contributed by atoms with Crippen molar-refractivity contribution in [3.05, 3.63) is 65.2 Å². The first kappa shape index (κ1) is 30.0. The minimum absolute atomic E-state index is 0.106. The highest BCUT2D eigenvalue weighted by Crippen LogP contribution is 2.39. The van der Waals surface area contributed by atoms with Crippen LogP contribution in [0.4, 0.5) is 13.2 Å². The van der Waals surface area contributed by atoms with E-state index in [9.17, 15) is 31.2 Å². The number of amides is 2. The van der Waals surface area contributed by atoms with Crippen molar-refractivity contribution in [3.8, 4) is 11.5 Å². The van der Waals surface area contributed by atoms with Crippen molar-refractivity contribution in [3.63, 3.8) is 0 Å². The van der Waals surface area contributed by atoms with Crippen molar-refractivity contribution in [1.29, 1.82) is 0 Å². The Balaban J connectivity index is 1.93. The molecule has 2 aromatic rings. The molecule has 2 amide bonds. The van der Waals surface area contributed by atoms with Crippen LogP contribution in [0.3, 0.4) is 0 Å². The average molecular weight is 570 g/mol. The van der Waals surface area contributed by atoms with Crippen LogP contribution in [-0.2, 0) is 25.3 Å². The molecule has 2 aromatic carbocycles. The van der Waals surface area contributed by atoms with Crippen molar-refractivity contribution in [1.82, 2.24) is 14.3 Å². The molecular formula is C26H30F3N3O6S. The van der Waals surface area contributed by atoms with Crippen LogP contribution >= 0.6 is 0 Å². The molecule has 0 radical (unpaired) electrons. The fourth-order valence-electron chi connectivity index (χ4n) is 4.03. The number of alkyl halides is 3. The van der Waals surface area contributed by atoms with Crippen molar-refractivity contribution >= 4 is 27.6 Å². The predicted octanol–water partition coefficient (Wildman–Crippen LogP) is 3.53. The fraction of sp³-hybridized carbons (Fsp3) is 0.385. The maximum absolute atomic E-state index is 13.3. The Morgan fingerprint density at radius 1 is 1.08 bits per heavy atom. The van der Waals surface area contributed by atoms with E-state index in [0.717, 1.165) is 4.31 Å². The summed E-state index contributed by atoms with van der Waals surface area (Å²) >= 11 is 0. The van der Waals surface area contributed by atoms with E-state index >= 15 is 0 Å². The van der Waals surface area contributed by atoms with Gasteiger partial charge >= 0.3 is 16.4 Å². The van der Waals surface area contributed by atoms with E-state index in [0.29, 0.717) is 28.2 Å². The van der Waals surface area contributed by atoms with E-state index in [2.05, 4.69) is 5.32 Å². The smallest absolute Gasteiger partial charge is 0.389 e. The van der Waals surface area contributed by atoms with Crippen LogP contribution in [0.15, 0.2) is 54.1 Å². The maximum Gasteiger partial charge on any atom is 0.389 e. The van der Waals surface area contributed by atoms with Crippen LogP contribution < -0.4 is 19.5 Å². The molecule has 0 aliphatic carbocycles. The second-order valence-corrected chi connectivity index (χ2v) is 11.2. The maximum atomic E-state index is 13.3. The molecule has 0 unspecified atom stereocenters. The molecule has 0 saturated carbocycles. The zero-order valence-electron chi connectivity index (χ0n) is 21.9. The number of benzene rings is 2. The van der Waals surface area contributed by atoms with E-state index in [-0.39, 0.29) is 25.0 Å². The summed E-state index contributed by atoms with van der Waals surface area (Å²) in [5.41, 5.74) is 0.139. The van der Waals surface area contributed by atoms with Crippen LogP contribution in [0.25, 0.3) is 5.57 Å². The molecule has 1 heterocycles. The number of rotatable bonds is 10. The van der Waals surface area contributed by atoms with Gasteiger partial charge in [0.2, 0.25) is 0 Å². The monoisotopic (exact) mass is 569 g/mol. The largest absolute Gasteiger partial charge is 0.497 e. The third kappa shape index (κ3) is 7.51. The average Bonchev–Trinajstić information content (AvgIpc) is 2.85. The van der Waals surface area contributed by atoms with Gasteiger partial charge in [0.05, 0.1) is 19.3 Å². The van der Waals surface area contributed by atoms with Crippen molar-refractivity contribution in [2.24, 2.45) is 0 Å². The number of nitrogens with zero attached hydrogens (tertiary/aromatic N) is 1. The number of halogens is 3. The van der Waals surface area contributed by atoms with Crippen LogP contribution in [0, 0.1) is 0 Å². The van der Waals surface area contributed by atoms with Crippen molar-refractivity contribution in [2.45, 2.75) is 37.9 Å².